The molecule has 0 fully saturated rings. The summed E-state index contributed by atoms with van der Waals surface area (Å²) < 4.78 is 4.40. The molecule has 0 aliphatic heterocycles. The van der Waals surface area contributed by atoms with Gasteiger partial charge in [0.1, 0.15) is 5.69 Å². The van der Waals surface area contributed by atoms with Crippen LogP contribution in [-0.4, -0.2) is 14.3 Å². The highest BCUT2D eigenvalue weighted by molar-refractivity contribution is 7.10. The Morgan fingerprint density at radius 3 is 2.77 bits per heavy atom. The maximum atomic E-state index is 5.78. The molecule has 0 N–H and O–H groups in total. The minimum absolute atomic E-state index is 0.400. The SMILES string of the molecule is Clc1ccnc(-c2nsc(Cl)n2)c1. The summed E-state index contributed by atoms with van der Waals surface area (Å²) in [5, 5.41) is 0.607. The van der Waals surface area contributed by atoms with Crippen molar-refractivity contribution in [3.63, 3.8) is 0 Å². The van der Waals surface area contributed by atoms with Crippen LogP contribution < -0.4 is 0 Å². The van der Waals surface area contributed by atoms with Crippen LogP contribution in [0.2, 0.25) is 9.49 Å². The summed E-state index contributed by atoms with van der Waals surface area (Å²) in [4.78, 5) is 8.04. The van der Waals surface area contributed by atoms with E-state index in [-0.39, 0.29) is 0 Å². The van der Waals surface area contributed by atoms with Crippen LogP contribution in [0.25, 0.3) is 11.5 Å². The zero-order chi connectivity index (χ0) is 9.26. The highest BCUT2D eigenvalue weighted by Gasteiger charge is 2.05. The van der Waals surface area contributed by atoms with Gasteiger partial charge in [-0.2, -0.15) is 4.37 Å². The average molecular weight is 232 g/mol. The van der Waals surface area contributed by atoms with Crippen LogP contribution in [0.3, 0.4) is 0 Å². The summed E-state index contributed by atoms with van der Waals surface area (Å²) in [7, 11) is 0. The van der Waals surface area contributed by atoms with E-state index in [9.17, 15) is 0 Å². The molecule has 0 atom stereocenters. The van der Waals surface area contributed by atoms with E-state index in [1.54, 1.807) is 18.3 Å². The third-order valence-corrected chi connectivity index (χ3v) is 2.39. The quantitative estimate of drug-likeness (QED) is 0.758. The Hall–Kier alpha value is -0.710. The number of nitrogens with zero attached hydrogens (tertiary/aromatic N) is 3. The molecule has 0 aliphatic carbocycles. The van der Waals surface area contributed by atoms with Gasteiger partial charge in [-0.15, -0.1) is 0 Å². The highest BCUT2D eigenvalue weighted by atomic mass is 35.5. The lowest BCUT2D eigenvalue weighted by Gasteiger charge is -1.93. The van der Waals surface area contributed by atoms with Gasteiger partial charge in [-0.1, -0.05) is 11.6 Å². The lowest BCUT2D eigenvalue weighted by Crippen LogP contribution is -1.83. The van der Waals surface area contributed by atoms with Crippen LogP contribution in [0, 0.1) is 0 Å². The number of hydrogen-bond donors (Lipinski definition) is 0. The van der Waals surface area contributed by atoms with Gasteiger partial charge in [0.05, 0.1) is 0 Å². The third kappa shape index (κ3) is 1.96. The minimum atomic E-state index is 0.400. The monoisotopic (exact) mass is 231 g/mol. The maximum absolute atomic E-state index is 5.78. The summed E-state index contributed by atoms with van der Waals surface area (Å²) in [5.41, 5.74) is 0.635. The first-order valence-electron chi connectivity index (χ1n) is 3.37. The fourth-order valence-electron chi connectivity index (χ4n) is 0.836. The number of aromatic nitrogens is 3. The van der Waals surface area contributed by atoms with E-state index >= 15 is 0 Å². The molecule has 0 spiro atoms. The Balaban J connectivity index is 2.46. The molecule has 0 aliphatic rings. The van der Waals surface area contributed by atoms with Gasteiger partial charge >= 0.3 is 0 Å². The fraction of sp³-hybridized carbons (Fsp3) is 0. The molecule has 3 nitrogen and oxygen atoms in total. The second-order valence-electron chi connectivity index (χ2n) is 2.23. The van der Waals surface area contributed by atoms with Crippen LogP contribution in [0.5, 0.6) is 0 Å². The van der Waals surface area contributed by atoms with Crippen molar-refractivity contribution in [2.45, 2.75) is 0 Å². The highest BCUT2D eigenvalue weighted by Crippen LogP contribution is 2.20. The van der Waals surface area contributed by atoms with E-state index in [1.165, 1.54) is 0 Å². The van der Waals surface area contributed by atoms with Crippen molar-refractivity contribution < 1.29 is 0 Å². The van der Waals surface area contributed by atoms with Crippen molar-refractivity contribution in [3.05, 3.63) is 27.8 Å². The molecule has 66 valence electrons. The maximum Gasteiger partial charge on any atom is 0.203 e. The van der Waals surface area contributed by atoms with E-state index in [2.05, 4.69) is 14.3 Å². The first-order chi connectivity index (χ1) is 6.25. The first kappa shape index (κ1) is 8.87. The van der Waals surface area contributed by atoms with E-state index in [4.69, 9.17) is 23.2 Å². The molecule has 0 bridgehead atoms. The topological polar surface area (TPSA) is 38.7 Å². The van der Waals surface area contributed by atoms with Crippen LogP contribution in [0.15, 0.2) is 18.3 Å². The predicted molar refractivity (Wildman–Crippen MR) is 53.2 cm³/mol. The Morgan fingerprint density at radius 2 is 2.15 bits per heavy atom. The molecule has 2 heterocycles. The molecular formula is C7H3Cl2N3S. The Labute approximate surface area is 88.5 Å². The van der Waals surface area contributed by atoms with Crippen LogP contribution >= 0.6 is 34.7 Å². The second-order valence-corrected chi connectivity index (χ2v) is 4.00. The number of halogens is 2. The van der Waals surface area contributed by atoms with Gasteiger partial charge in [0, 0.05) is 11.2 Å². The molecule has 6 heteroatoms. The smallest absolute Gasteiger partial charge is 0.203 e. The van der Waals surface area contributed by atoms with Gasteiger partial charge in [-0.3, -0.25) is 4.98 Å². The Kier molecular flexibility index (Phi) is 2.44. The lowest BCUT2D eigenvalue weighted by molar-refractivity contribution is 1.23. The van der Waals surface area contributed by atoms with E-state index in [0.29, 0.717) is 21.0 Å². The van der Waals surface area contributed by atoms with Crippen molar-refractivity contribution in [1.29, 1.82) is 0 Å². The molecule has 0 saturated heterocycles. The number of hydrogen-bond acceptors (Lipinski definition) is 4. The number of pyridine rings is 1. The standard InChI is InChI=1S/C7H3Cl2N3S/c8-4-1-2-10-5(3-4)6-11-7(9)13-12-6/h1-3H. The molecule has 0 amide bonds. The van der Waals surface area contributed by atoms with Gasteiger partial charge in [-0.25, -0.2) is 4.98 Å². The van der Waals surface area contributed by atoms with Crippen molar-refractivity contribution in [3.8, 4) is 11.5 Å². The van der Waals surface area contributed by atoms with Crippen molar-refractivity contribution >= 4 is 34.7 Å². The van der Waals surface area contributed by atoms with E-state index in [0.717, 1.165) is 11.5 Å². The van der Waals surface area contributed by atoms with Crippen LogP contribution in [0.4, 0.5) is 0 Å². The second kappa shape index (κ2) is 3.57. The first-order valence-corrected chi connectivity index (χ1v) is 4.90. The summed E-state index contributed by atoms with van der Waals surface area (Å²) in [6.07, 6.45) is 1.60. The van der Waals surface area contributed by atoms with Gasteiger partial charge in [0.25, 0.3) is 0 Å². The van der Waals surface area contributed by atoms with Crippen molar-refractivity contribution in [1.82, 2.24) is 14.3 Å². The molecule has 0 unspecified atom stereocenters. The Morgan fingerprint density at radius 1 is 1.31 bits per heavy atom. The molecule has 2 aromatic heterocycles. The predicted octanol–water partition coefficient (Wildman–Crippen LogP) is 2.91. The van der Waals surface area contributed by atoms with Gasteiger partial charge in [0.2, 0.25) is 4.47 Å². The lowest BCUT2D eigenvalue weighted by atomic mass is 10.3. The molecule has 0 radical (unpaired) electrons. The zero-order valence-electron chi connectivity index (χ0n) is 6.24. The van der Waals surface area contributed by atoms with E-state index in [1.807, 2.05) is 0 Å². The van der Waals surface area contributed by atoms with Crippen molar-refractivity contribution in [2.24, 2.45) is 0 Å². The summed E-state index contributed by atoms with van der Waals surface area (Å²) in [6, 6.07) is 3.39. The van der Waals surface area contributed by atoms with Crippen molar-refractivity contribution in [2.75, 3.05) is 0 Å². The Bertz CT molecular complexity index is 429. The summed E-state index contributed by atoms with van der Waals surface area (Å²) in [5.74, 6) is 0.512. The average Bonchev–Trinajstić information content (AvgIpc) is 2.52. The molecule has 2 aromatic rings. The number of rotatable bonds is 1. The minimum Gasteiger partial charge on any atom is -0.253 e. The van der Waals surface area contributed by atoms with Gasteiger partial charge < -0.3 is 0 Å². The molecule has 13 heavy (non-hydrogen) atoms. The van der Waals surface area contributed by atoms with Gasteiger partial charge in [-0.05, 0) is 35.3 Å². The van der Waals surface area contributed by atoms with E-state index < -0.39 is 0 Å². The summed E-state index contributed by atoms with van der Waals surface area (Å²) >= 11 is 12.5. The zero-order valence-corrected chi connectivity index (χ0v) is 8.57. The fourth-order valence-corrected chi connectivity index (χ4v) is 1.60. The van der Waals surface area contributed by atoms with Crippen LogP contribution in [-0.2, 0) is 0 Å². The molecule has 2 rings (SSSR count). The largest absolute Gasteiger partial charge is 0.253 e. The van der Waals surface area contributed by atoms with Gasteiger partial charge in [0.15, 0.2) is 5.82 Å². The normalized spacial score (nSPS) is 10.3. The third-order valence-electron chi connectivity index (χ3n) is 1.35. The molecular weight excluding hydrogens is 229 g/mol. The molecule has 0 saturated carbocycles. The summed E-state index contributed by atoms with van der Waals surface area (Å²) in [6.45, 7) is 0. The molecule has 0 aromatic carbocycles. The van der Waals surface area contributed by atoms with Crippen LogP contribution in [0.1, 0.15) is 0 Å².